The molecule has 0 bridgehead atoms. The van der Waals surface area contributed by atoms with Gasteiger partial charge in [-0.3, -0.25) is 4.31 Å². The molecule has 0 aromatic heterocycles. The van der Waals surface area contributed by atoms with Crippen molar-refractivity contribution in [3.8, 4) is 0 Å². The summed E-state index contributed by atoms with van der Waals surface area (Å²) < 4.78 is 48.2. The lowest BCUT2D eigenvalue weighted by atomic mass is 10.3. The molecule has 0 N–H and O–H groups in total. The van der Waals surface area contributed by atoms with Crippen molar-refractivity contribution in [2.24, 2.45) is 0 Å². The van der Waals surface area contributed by atoms with Crippen molar-refractivity contribution in [2.45, 2.75) is 0 Å². The lowest BCUT2D eigenvalue weighted by Crippen LogP contribution is -2.24. The van der Waals surface area contributed by atoms with E-state index in [9.17, 15) is 17.2 Å². The van der Waals surface area contributed by atoms with Gasteiger partial charge >= 0.3 is 0 Å². The Bertz CT molecular complexity index is 445. The third kappa shape index (κ3) is 2.20. The third-order valence-electron chi connectivity index (χ3n) is 1.76. The van der Waals surface area contributed by atoms with Crippen LogP contribution in [-0.2, 0) is 10.0 Å². The van der Waals surface area contributed by atoms with Crippen molar-refractivity contribution in [1.29, 1.82) is 0 Å². The van der Waals surface area contributed by atoms with E-state index < -0.39 is 21.7 Å². The first-order chi connectivity index (χ1) is 6.32. The van der Waals surface area contributed by atoms with Gasteiger partial charge in [-0.1, -0.05) is 0 Å². The van der Waals surface area contributed by atoms with Crippen LogP contribution in [0.2, 0.25) is 0 Å². The molecule has 0 spiro atoms. The average molecular weight is 221 g/mol. The molecule has 0 saturated heterocycles. The first-order valence-electron chi connectivity index (χ1n) is 3.71. The molecule has 0 amide bonds. The number of rotatable bonds is 2. The van der Waals surface area contributed by atoms with E-state index in [1.807, 2.05) is 0 Å². The highest BCUT2D eigenvalue weighted by Crippen LogP contribution is 2.18. The van der Waals surface area contributed by atoms with Crippen molar-refractivity contribution in [3.63, 3.8) is 0 Å². The molecule has 0 aliphatic carbocycles. The predicted octanol–water partition coefficient (Wildman–Crippen LogP) is 1.36. The standard InChI is InChI=1S/C8H9F2NO2S/c1-11(14(2,12)13)6-3-4-7(9)8(10)5-6/h3-5H,1-2H3. The molecular formula is C8H9F2NO2S. The summed E-state index contributed by atoms with van der Waals surface area (Å²) in [6.07, 6.45) is 0.980. The van der Waals surface area contributed by atoms with Gasteiger partial charge in [-0.2, -0.15) is 0 Å². The van der Waals surface area contributed by atoms with Crippen LogP contribution in [0.15, 0.2) is 18.2 Å². The average Bonchev–Trinajstić information content (AvgIpc) is 2.07. The van der Waals surface area contributed by atoms with Crippen molar-refractivity contribution < 1.29 is 17.2 Å². The molecule has 0 aliphatic rings. The van der Waals surface area contributed by atoms with Gasteiger partial charge in [-0.05, 0) is 12.1 Å². The van der Waals surface area contributed by atoms with Crippen LogP contribution >= 0.6 is 0 Å². The molecule has 0 heterocycles. The topological polar surface area (TPSA) is 37.4 Å². The second kappa shape index (κ2) is 3.53. The van der Waals surface area contributed by atoms with E-state index in [1.165, 1.54) is 13.1 Å². The molecule has 0 aliphatic heterocycles. The maximum absolute atomic E-state index is 12.7. The number of hydrogen-bond donors (Lipinski definition) is 0. The summed E-state index contributed by atoms with van der Waals surface area (Å²) in [7, 11) is -2.18. The fourth-order valence-electron chi connectivity index (χ4n) is 0.872. The number of nitrogens with zero attached hydrogens (tertiary/aromatic N) is 1. The quantitative estimate of drug-likeness (QED) is 0.756. The van der Waals surface area contributed by atoms with Gasteiger partial charge in [-0.25, -0.2) is 17.2 Å². The van der Waals surface area contributed by atoms with Crippen LogP contribution in [0.3, 0.4) is 0 Å². The first kappa shape index (κ1) is 10.9. The second-order valence-corrected chi connectivity index (χ2v) is 4.84. The van der Waals surface area contributed by atoms with Crippen molar-refractivity contribution in [2.75, 3.05) is 17.6 Å². The Labute approximate surface area is 81.0 Å². The van der Waals surface area contributed by atoms with Crippen LogP contribution in [-0.4, -0.2) is 21.7 Å². The Morgan fingerprint density at radius 2 is 1.79 bits per heavy atom. The molecular weight excluding hydrogens is 212 g/mol. The highest BCUT2D eigenvalue weighted by Gasteiger charge is 2.13. The fourth-order valence-corrected chi connectivity index (χ4v) is 1.37. The summed E-state index contributed by atoms with van der Waals surface area (Å²) >= 11 is 0. The zero-order chi connectivity index (χ0) is 10.9. The smallest absolute Gasteiger partial charge is 0.231 e. The number of hydrogen-bond acceptors (Lipinski definition) is 2. The predicted molar refractivity (Wildman–Crippen MR) is 49.6 cm³/mol. The van der Waals surface area contributed by atoms with Crippen molar-refractivity contribution in [3.05, 3.63) is 29.8 Å². The summed E-state index contributed by atoms with van der Waals surface area (Å²) in [5.41, 5.74) is 0.0893. The van der Waals surface area contributed by atoms with Gasteiger partial charge in [0.25, 0.3) is 0 Å². The van der Waals surface area contributed by atoms with E-state index in [0.717, 1.165) is 22.7 Å². The minimum Gasteiger partial charge on any atom is -0.273 e. The zero-order valence-corrected chi connectivity index (χ0v) is 8.48. The van der Waals surface area contributed by atoms with Gasteiger partial charge in [0.05, 0.1) is 11.9 Å². The monoisotopic (exact) mass is 221 g/mol. The van der Waals surface area contributed by atoms with Crippen LogP contribution in [0, 0.1) is 11.6 Å². The Hall–Kier alpha value is -1.17. The molecule has 0 atom stereocenters. The van der Waals surface area contributed by atoms with Gasteiger partial charge in [0.1, 0.15) is 0 Å². The third-order valence-corrected chi connectivity index (χ3v) is 2.97. The van der Waals surface area contributed by atoms with E-state index in [1.54, 1.807) is 0 Å². The van der Waals surface area contributed by atoms with E-state index in [0.29, 0.717) is 0 Å². The Balaban J connectivity index is 3.16. The lowest BCUT2D eigenvalue weighted by Gasteiger charge is -2.16. The van der Waals surface area contributed by atoms with E-state index in [4.69, 9.17) is 0 Å². The summed E-state index contributed by atoms with van der Waals surface area (Å²) in [5.74, 6) is -2.08. The first-order valence-corrected chi connectivity index (χ1v) is 5.56. The maximum Gasteiger partial charge on any atom is 0.231 e. The van der Waals surface area contributed by atoms with Crippen molar-refractivity contribution in [1.82, 2.24) is 0 Å². The minimum atomic E-state index is -3.44. The Kier molecular flexibility index (Phi) is 2.75. The van der Waals surface area contributed by atoms with Gasteiger partial charge in [0.2, 0.25) is 10.0 Å². The molecule has 78 valence electrons. The van der Waals surface area contributed by atoms with E-state index >= 15 is 0 Å². The molecule has 1 aromatic rings. The Morgan fingerprint density at radius 3 is 2.21 bits per heavy atom. The second-order valence-electron chi connectivity index (χ2n) is 2.83. The number of anilines is 1. The van der Waals surface area contributed by atoms with Crippen LogP contribution in [0.25, 0.3) is 0 Å². The number of benzene rings is 1. The molecule has 0 saturated carbocycles. The SMILES string of the molecule is CN(c1ccc(F)c(F)c1)S(C)(=O)=O. The van der Waals surface area contributed by atoms with Crippen LogP contribution in [0.4, 0.5) is 14.5 Å². The summed E-state index contributed by atoms with van der Waals surface area (Å²) in [6.45, 7) is 0. The Morgan fingerprint density at radius 1 is 1.21 bits per heavy atom. The minimum absolute atomic E-state index is 0.0893. The summed E-state index contributed by atoms with van der Waals surface area (Å²) in [6, 6.07) is 2.90. The van der Waals surface area contributed by atoms with Crippen molar-refractivity contribution >= 4 is 15.7 Å². The van der Waals surface area contributed by atoms with Gasteiger partial charge in [0, 0.05) is 13.1 Å². The molecule has 1 rings (SSSR count). The molecule has 14 heavy (non-hydrogen) atoms. The van der Waals surface area contributed by atoms with Crippen LogP contribution < -0.4 is 4.31 Å². The highest BCUT2D eigenvalue weighted by molar-refractivity contribution is 7.92. The molecule has 0 fully saturated rings. The molecule has 6 heteroatoms. The van der Waals surface area contributed by atoms with E-state index in [-0.39, 0.29) is 5.69 Å². The fraction of sp³-hybridized carbons (Fsp3) is 0.250. The molecule has 0 unspecified atom stereocenters. The largest absolute Gasteiger partial charge is 0.273 e. The normalized spacial score (nSPS) is 11.4. The van der Waals surface area contributed by atoms with Gasteiger partial charge in [0.15, 0.2) is 11.6 Å². The van der Waals surface area contributed by atoms with Gasteiger partial charge < -0.3 is 0 Å². The zero-order valence-electron chi connectivity index (χ0n) is 7.66. The maximum atomic E-state index is 12.7. The summed E-state index contributed by atoms with van der Waals surface area (Å²) in [5, 5.41) is 0. The number of sulfonamides is 1. The van der Waals surface area contributed by atoms with E-state index in [2.05, 4.69) is 0 Å². The molecule has 0 radical (unpaired) electrons. The van der Waals surface area contributed by atoms with Crippen LogP contribution in [0.5, 0.6) is 0 Å². The highest BCUT2D eigenvalue weighted by atomic mass is 32.2. The van der Waals surface area contributed by atoms with Crippen LogP contribution in [0.1, 0.15) is 0 Å². The van der Waals surface area contributed by atoms with Gasteiger partial charge in [-0.15, -0.1) is 0 Å². The molecule has 1 aromatic carbocycles. The lowest BCUT2D eigenvalue weighted by molar-refractivity contribution is 0.509. The summed E-state index contributed by atoms with van der Waals surface area (Å²) in [4.78, 5) is 0. The molecule has 3 nitrogen and oxygen atoms in total. The number of halogens is 2.